The van der Waals surface area contributed by atoms with Crippen molar-refractivity contribution in [3.8, 4) is 5.88 Å². The Hall–Kier alpha value is -3.41. The quantitative estimate of drug-likeness (QED) is 0.430. The summed E-state index contributed by atoms with van der Waals surface area (Å²) in [5.41, 5.74) is -0.887. The highest BCUT2D eigenvalue weighted by molar-refractivity contribution is 6.31. The van der Waals surface area contributed by atoms with Crippen molar-refractivity contribution in [2.24, 2.45) is 22.2 Å². The summed E-state index contributed by atoms with van der Waals surface area (Å²) >= 11 is 6.15. The van der Waals surface area contributed by atoms with Gasteiger partial charge in [-0.3, -0.25) is 9.59 Å². The summed E-state index contributed by atoms with van der Waals surface area (Å²) in [6, 6.07) is 2.39. The Bertz CT molecular complexity index is 1450. The molecule has 3 heterocycles. The predicted octanol–water partition coefficient (Wildman–Crippen LogP) is 5.30. The number of alkyl halides is 2. The van der Waals surface area contributed by atoms with Gasteiger partial charge in [-0.1, -0.05) is 45.7 Å². The Balaban J connectivity index is 1.58. The second kappa shape index (κ2) is 11.6. The molecule has 1 aromatic heterocycles. The molecule has 6 atom stereocenters. The van der Waals surface area contributed by atoms with Gasteiger partial charge in [-0.25, -0.2) is 19.8 Å². The number of hydrogen-bond donors (Lipinski definition) is 1. The number of halogens is 3. The summed E-state index contributed by atoms with van der Waals surface area (Å²) in [6.07, 6.45) is -0.554. The Morgan fingerprint density at radius 1 is 1.16 bits per heavy atom. The summed E-state index contributed by atoms with van der Waals surface area (Å²) in [4.78, 5) is 53.4. The van der Waals surface area contributed by atoms with Crippen LogP contribution in [0.25, 0.3) is 11.0 Å². The maximum atomic E-state index is 15.8. The number of aromatic nitrogens is 2. The van der Waals surface area contributed by atoms with Gasteiger partial charge in [-0.15, -0.1) is 0 Å². The van der Waals surface area contributed by atoms with Gasteiger partial charge in [-0.05, 0) is 55.5 Å². The number of ether oxygens (including phenoxy) is 2. The van der Waals surface area contributed by atoms with Crippen LogP contribution in [-0.2, 0) is 20.2 Å². The lowest BCUT2D eigenvalue weighted by Crippen LogP contribution is -2.57. The van der Waals surface area contributed by atoms with Crippen molar-refractivity contribution in [1.29, 1.82) is 0 Å². The zero-order valence-corrected chi connectivity index (χ0v) is 25.4. The highest BCUT2D eigenvalue weighted by atomic mass is 35.5. The smallest absolute Gasteiger partial charge is 0.408 e. The minimum absolute atomic E-state index is 0.0620. The Morgan fingerprint density at radius 3 is 2.60 bits per heavy atom. The number of fused-ring (bicyclic) bond motifs is 5. The molecule has 2 aromatic rings. The maximum absolute atomic E-state index is 15.8. The van der Waals surface area contributed by atoms with Gasteiger partial charge in [0.15, 0.2) is 5.69 Å². The molecule has 3 aliphatic rings. The van der Waals surface area contributed by atoms with E-state index < -0.39 is 65.5 Å². The highest BCUT2D eigenvalue weighted by Crippen LogP contribution is 2.42. The molecule has 6 unspecified atom stereocenters. The van der Waals surface area contributed by atoms with Crippen molar-refractivity contribution in [1.82, 2.24) is 20.2 Å². The SMILES string of the molecule is C=NC(=O)C1C(C)C2CN1C(=O)C(C(C)(C)C)NC(=O)OC1CC1CCCCC(F)(F)c1nc3ccc(Cl)cc3nc1O2. The van der Waals surface area contributed by atoms with Gasteiger partial charge >= 0.3 is 6.09 Å². The van der Waals surface area contributed by atoms with E-state index in [2.05, 4.69) is 27.0 Å². The average molecular weight is 620 g/mol. The maximum Gasteiger partial charge on any atom is 0.408 e. The number of alkyl carbamates (subject to hydrolysis) is 1. The summed E-state index contributed by atoms with van der Waals surface area (Å²) in [7, 11) is 0. The van der Waals surface area contributed by atoms with Gasteiger partial charge in [0.1, 0.15) is 24.3 Å². The molecule has 1 saturated carbocycles. The van der Waals surface area contributed by atoms with E-state index in [-0.39, 0.29) is 41.9 Å². The lowest BCUT2D eigenvalue weighted by atomic mass is 9.85. The van der Waals surface area contributed by atoms with Gasteiger partial charge in [-0.2, -0.15) is 8.78 Å². The van der Waals surface area contributed by atoms with Crippen LogP contribution in [0.15, 0.2) is 23.2 Å². The molecule has 2 aliphatic heterocycles. The fourth-order valence-corrected chi connectivity index (χ4v) is 6.07. The second-order valence-corrected chi connectivity index (χ2v) is 13.2. The third-order valence-electron chi connectivity index (χ3n) is 8.50. The highest BCUT2D eigenvalue weighted by Gasteiger charge is 2.51. The predicted molar refractivity (Wildman–Crippen MR) is 155 cm³/mol. The lowest BCUT2D eigenvalue weighted by molar-refractivity contribution is -0.141. The van der Waals surface area contributed by atoms with Crippen LogP contribution in [0, 0.1) is 17.3 Å². The molecule has 1 aliphatic carbocycles. The van der Waals surface area contributed by atoms with E-state index in [1.165, 1.54) is 17.0 Å². The first kappa shape index (κ1) is 31.0. The van der Waals surface area contributed by atoms with Crippen molar-refractivity contribution in [3.05, 3.63) is 28.9 Å². The van der Waals surface area contributed by atoms with Crippen molar-refractivity contribution in [2.45, 2.75) is 90.0 Å². The fraction of sp³-hybridized carbons (Fsp3) is 0.600. The number of rotatable bonds is 1. The van der Waals surface area contributed by atoms with E-state index in [4.69, 9.17) is 21.1 Å². The number of nitrogens with zero attached hydrogens (tertiary/aromatic N) is 4. The van der Waals surface area contributed by atoms with Crippen LogP contribution in [0.3, 0.4) is 0 Å². The third-order valence-corrected chi connectivity index (χ3v) is 8.73. The van der Waals surface area contributed by atoms with Gasteiger partial charge < -0.3 is 19.7 Å². The van der Waals surface area contributed by atoms with E-state index in [9.17, 15) is 14.4 Å². The second-order valence-electron chi connectivity index (χ2n) is 12.8. The molecule has 0 radical (unpaired) electrons. The molecule has 2 bridgehead atoms. The van der Waals surface area contributed by atoms with E-state index >= 15 is 8.78 Å². The normalized spacial score (nSPS) is 29.7. The van der Waals surface area contributed by atoms with Gasteiger partial charge in [0.05, 0.1) is 17.6 Å². The number of nitrogens with one attached hydrogen (secondary N) is 1. The average Bonchev–Trinajstić information content (AvgIpc) is 3.59. The third kappa shape index (κ3) is 6.44. The van der Waals surface area contributed by atoms with E-state index in [1.807, 2.05) is 0 Å². The molecule has 1 saturated heterocycles. The molecule has 13 heteroatoms. The monoisotopic (exact) mass is 619 g/mol. The summed E-state index contributed by atoms with van der Waals surface area (Å²) in [5, 5.41) is 3.06. The van der Waals surface area contributed by atoms with Crippen LogP contribution in [0.5, 0.6) is 5.88 Å². The lowest BCUT2D eigenvalue weighted by Gasteiger charge is -2.35. The minimum atomic E-state index is -3.38. The molecule has 3 amide bonds. The van der Waals surface area contributed by atoms with E-state index in [0.717, 1.165) is 0 Å². The molecule has 1 aromatic carbocycles. The van der Waals surface area contributed by atoms with E-state index in [0.29, 0.717) is 24.3 Å². The number of amides is 3. The van der Waals surface area contributed by atoms with Crippen LogP contribution in [0.2, 0.25) is 5.02 Å². The Labute approximate surface area is 253 Å². The summed E-state index contributed by atoms with van der Waals surface area (Å²) in [6.45, 7) is 10.2. The molecule has 1 N–H and O–H groups in total. The van der Waals surface area contributed by atoms with E-state index in [1.54, 1.807) is 33.8 Å². The number of benzene rings is 1. The largest absolute Gasteiger partial charge is 0.471 e. The van der Waals surface area contributed by atoms with Crippen LogP contribution in [0.1, 0.15) is 65.5 Å². The molecule has 2 fully saturated rings. The Kier molecular flexibility index (Phi) is 8.36. The topological polar surface area (TPSA) is 123 Å². The van der Waals surface area contributed by atoms with Gasteiger partial charge in [0.2, 0.25) is 11.8 Å². The van der Waals surface area contributed by atoms with Crippen LogP contribution < -0.4 is 10.1 Å². The molecule has 0 spiro atoms. The minimum Gasteiger partial charge on any atom is -0.471 e. The van der Waals surface area contributed by atoms with Crippen molar-refractivity contribution in [2.75, 3.05) is 6.54 Å². The first-order valence-electron chi connectivity index (χ1n) is 14.5. The molecular weight excluding hydrogens is 584 g/mol. The van der Waals surface area contributed by atoms with Gasteiger partial charge in [0, 0.05) is 17.4 Å². The van der Waals surface area contributed by atoms with Crippen molar-refractivity contribution >= 4 is 47.3 Å². The molecule has 5 rings (SSSR count). The fourth-order valence-electron chi connectivity index (χ4n) is 5.90. The summed E-state index contributed by atoms with van der Waals surface area (Å²) in [5.74, 6) is -5.64. The number of aliphatic imine (C=N–C) groups is 1. The Morgan fingerprint density at radius 2 is 1.91 bits per heavy atom. The van der Waals surface area contributed by atoms with Crippen molar-refractivity contribution < 1.29 is 32.6 Å². The molecular formula is C30H36ClF2N5O5. The number of carbonyl (C=O) groups excluding carboxylic acids is 3. The van der Waals surface area contributed by atoms with Crippen LogP contribution >= 0.6 is 11.6 Å². The van der Waals surface area contributed by atoms with Crippen LogP contribution in [-0.4, -0.2) is 70.3 Å². The van der Waals surface area contributed by atoms with Crippen LogP contribution in [0.4, 0.5) is 13.6 Å². The van der Waals surface area contributed by atoms with Crippen molar-refractivity contribution in [3.63, 3.8) is 0 Å². The first-order valence-corrected chi connectivity index (χ1v) is 14.9. The molecule has 43 heavy (non-hydrogen) atoms. The first-order chi connectivity index (χ1) is 20.2. The zero-order valence-electron chi connectivity index (χ0n) is 24.6. The van der Waals surface area contributed by atoms with Gasteiger partial charge in [0.25, 0.3) is 11.8 Å². The zero-order chi connectivity index (χ0) is 31.3. The standard InChI is InChI=1S/C30H36ClF2N5O5/c1-15-21-14-38(22(15)25(39)34-5)27(40)24(29(2,3)4)37-28(41)43-20-12-16(20)8-6-7-11-30(32,33)23-26(42-21)36-19-13-17(31)9-10-18(19)35-23/h9-10,13,15-16,20-22,24H,5-8,11-12,14H2,1-4H3,(H,37,41). The summed E-state index contributed by atoms with van der Waals surface area (Å²) < 4.78 is 43.3. The number of carbonyl (C=O) groups is 3. The number of hydrogen-bond acceptors (Lipinski definition) is 7. The molecule has 10 nitrogen and oxygen atoms in total. The molecule has 232 valence electrons.